The van der Waals surface area contributed by atoms with Gasteiger partial charge in [-0.25, -0.2) is 9.18 Å². The molecule has 0 spiro atoms. The predicted octanol–water partition coefficient (Wildman–Crippen LogP) is 5.87. The molecule has 5 rings (SSSR count). The summed E-state index contributed by atoms with van der Waals surface area (Å²) in [6.07, 6.45) is 11.3. The molecule has 2 aromatic heterocycles. The van der Waals surface area contributed by atoms with Crippen LogP contribution >= 0.6 is 0 Å². The summed E-state index contributed by atoms with van der Waals surface area (Å²) in [6, 6.07) is 2.86. The number of carbonyl (C=O) groups is 1. The van der Waals surface area contributed by atoms with Gasteiger partial charge in [-0.05, 0) is 38.0 Å². The van der Waals surface area contributed by atoms with E-state index in [9.17, 15) is 14.7 Å². The van der Waals surface area contributed by atoms with Gasteiger partial charge in [0.1, 0.15) is 17.1 Å². The monoisotopic (exact) mass is 594 g/mol. The summed E-state index contributed by atoms with van der Waals surface area (Å²) in [6.45, 7) is 10.4. The zero-order valence-corrected chi connectivity index (χ0v) is 25.5. The maximum atomic E-state index is 15.3. The standard InChI is InChI=1S/C33H43FN4O5/c1-4-6-7-8-9-10-11-30-42-21-26-23(18-35-22(3)32(26)43-30)19-36-12-14-38(15-13-36)29-17-28-24(16-27(29)34)31(39)25(33(40)41)20-37(28)5-2/h16-18,20,30H,4-15,19,21H2,1-3H3,(H,40,41). The third-order valence-corrected chi connectivity index (χ3v) is 8.69. The van der Waals surface area contributed by atoms with E-state index in [1.54, 1.807) is 10.6 Å². The maximum Gasteiger partial charge on any atom is 0.341 e. The van der Waals surface area contributed by atoms with E-state index in [4.69, 9.17) is 9.47 Å². The van der Waals surface area contributed by atoms with Crippen molar-refractivity contribution in [3.05, 3.63) is 63.0 Å². The quantitative estimate of drug-likeness (QED) is 0.260. The van der Waals surface area contributed by atoms with Gasteiger partial charge in [0, 0.05) is 69.0 Å². The summed E-state index contributed by atoms with van der Waals surface area (Å²) >= 11 is 0. The number of hydrogen-bond donors (Lipinski definition) is 1. The van der Waals surface area contributed by atoms with Crippen LogP contribution in [0.1, 0.15) is 86.0 Å². The second kappa shape index (κ2) is 13.9. The molecule has 43 heavy (non-hydrogen) atoms. The largest absolute Gasteiger partial charge is 0.477 e. The van der Waals surface area contributed by atoms with Crippen LogP contribution < -0.4 is 15.1 Å². The Morgan fingerprint density at radius 2 is 1.84 bits per heavy atom. The minimum atomic E-state index is -1.31. The number of hydrogen-bond acceptors (Lipinski definition) is 7. The molecule has 1 aromatic carbocycles. The number of anilines is 1. The van der Waals surface area contributed by atoms with Crippen LogP contribution in [-0.4, -0.2) is 58.0 Å². The Labute approximate surface area is 252 Å². The number of fused-ring (bicyclic) bond motifs is 2. The number of aromatic carboxylic acids is 1. The van der Waals surface area contributed by atoms with E-state index in [2.05, 4.69) is 16.8 Å². The molecule has 10 heteroatoms. The number of aromatic nitrogens is 2. The smallest absolute Gasteiger partial charge is 0.341 e. The van der Waals surface area contributed by atoms with E-state index in [0.29, 0.717) is 44.0 Å². The lowest BCUT2D eigenvalue weighted by molar-refractivity contribution is -0.113. The van der Waals surface area contributed by atoms with Gasteiger partial charge < -0.3 is 24.0 Å². The van der Waals surface area contributed by atoms with Gasteiger partial charge in [-0.15, -0.1) is 0 Å². The first kappa shape index (κ1) is 30.9. The fraction of sp³-hybridized carbons (Fsp3) is 0.545. The van der Waals surface area contributed by atoms with Gasteiger partial charge in [-0.3, -0.25) is 14.7 Å². The third-order valence-electron chi connectivity index (χ3n) is 8.69. The first-order valence-electron chi connectivity index (χ1n) is 15.6. The van der Waals surface area contributed by atoms with Crippen molar-refractivity contribution in [3.63, 3.8) is 0 Å². The van der Waals surface area contributed by atoms with Crippen molar-refractivity contribution in [2.24, 2.45) is 0 Å². The molecule has 1 fully saturated rings. The van der Waals surface area contributed by atoms with Crippen LogP contribution in [0.15, 0.2) is 29.3 Å². The Hall–Kier alpha value is -3.50. The molecule has 1 unspecified atom stereocenters. The van der Waals surface area contributed by atoms with Crippen molar-refractivity contribution in [1.29, 1.82) is 0 Å². The normalized spacial score (nSPS) is 17.2. The van der Waals surface area contributed by atoms with Gasteiger partial charge >= 0.3 is 5.97 Å². The van der Waals surface area contributed by atoms with Crippen molar-refractivity contribution < 1.29 is 23.8 Å². The van der Waals surface area contributed by atoms with Gasteiger partial charge in [-0.2, -0.15) is 0 Å². The van der Waals surface area contributed by atoms with Crippen molar-refractivity contribution in [3.8, 4) is 5.75 Å². The van der Waals surface area contributed by atoms with Crippen LogP contribution in [0, 0.1) is 12.7 Å². The number of nitrogens with zero attached hydrogens (tertiary/aromatic N) is 4. The molecule has 9 nitrogen and oxygen atoms in total. The number of carboxylic acids is 1. The van der Waals surface area contributed by atoms with E-state index < -0.39 is 17.2 Å². The first-order valence-corrected chi connectivity index (χ1v) is 15.6. The maximum absolute atomic E-state index is 15.3. The highest BCUT2D eigenvalue weighted by Crippen LogP contribution is 2.34. The summed E-state index contributed by atoms with van der Waals surface area (Å²) in [5.41, 5.74) is 2.96. The molecule has 232 valence electrons. The molecule has 4 heterocycles. The predicted molar refractivity (Wildman–Crippen MR) is 164 cm³/mol. The molecule has 0 radical (unpaired) electrons. The molecule has 3 aromatic rings. The highest BCUT2D eigenvalue weighted by Gasteiger charge is 2.27. The summed E-state index contributed by atoms with van der Waals surface area (Å²) in [7, 11) is 0. The van der Waals surface area contributed by atoms with Crippen LogP contribution in [0.4, 0.5) is 10.1 Å². The summed E-state index contributed by atoms with van der Waals surface area (Å²) in [5.74, 6) is -0.986. The third kappa shape index (κ3) is 6.86. The van der Waals surface area contributed by atoms with Crippen LogP contribution in [0.5, 0.6) is 5.75 Å². The minimum Gasteiger partial charge on any atom is -0.477 e. The molecule has 1 N–H and O–H groups in total. The van der Waals surface area contributed by atoms with E-state index in [1.165, 1.54) is 44.4 Å². The molecular weight excluding hydrogens is 551 g/mol. The lowest BCUT2D eigenvalue weighted by Crippen LogP contribution is -2.46. The molecule has 2 aliphatic heterocycles. The number of unbranched alkanes of at least 4 members (excludes halogenated alkanes) is 5. The van der Waals surface area contributed by atoms with Crippen molar-refractivity contribution in [1.82, 2.24) is 14.5 Å². The Balaban J connectivity index is 1.23. The van der Waals surface area contributed by atoms with Gasteiger partial charge in [0.2, 0.25) is 5.43 Å². The average Bonchev–Trinajstić information content (AvgIpc) is 3.01. The van der Waals surface area contributed by atoms with Crippen molar-refractivity contribution >= 4 is 22.6 Å². The second-order valence-corrected chi connectivity index (χ2v) is 11.6. The first-order chi connectivity index (χ1) is 20.8. The van der Waals surface area contributed by atoms with Crippen molar-refractivity contribution in [2.75, 3.05) is 31.1 Å². The fourth-order valence-electron chi connectivity index (χ4n) is 6.15. The molecule has 1 saturated heterocycles. The molecule has 0 amide bonds. The van der Waals surface area contributed by atoms with Gasteiger partial charge in [-0.1, -0.05) is 39.0 Å². The Morgan fingerprint density at radius 3 is 2.56 bits per heavy atom. The van der Waals surface area contributed by atoms with E-state index >= 15 is 4.39 Å². The molecule has 2 aliphatic rings. The topological polar surface area (TPSA) is 97.1 Å². The fourth-order valence-corrected chi connectivity index (χ4v) is 6.15. The molecule has 0 saturated carbocycles. The minimum absolute atomic E-state index is 0.0805. The van der Waals surface area contributed by atoms with Gasteiger partial charge in [0.15, 0.2) is 6.29 Å². The zero-order valence-electron chi connectivity index (χ0n) is 25.5. The van der Waals surface area contributed by atoms with Gasteiger partial charge in [0.05, 0.1) is 23.5 Å². The number of pyridine rings is 2. The molecule has 0 bridgehead atoms. The Bertz CT molecular complexity index is 1520. The second-order valence-electron chi connectivity index (χ2n) is 11.6. The number of aryl methyl sites for hydroxylation is 2. The Morgan fingerprint density at radius 1 is 1.09 bits per heavy atom. The van der Waals surface area contributed by atoms with Crippen LogP contribution in [0.2, 0.25) is 0 Å². The molecular formula is C33H43FN4O5. The summed E-state index contributed by atoms with van der Waals surface area (Å²) in [5, 5.41) is 9.50. The number of halogens is 1. The lowest BCUT2D eigenvalue weighted by Gasteiger charge is -2.37. The number of carboxylic acid groups (broad SMARTS) is 1. The van der Waals surface area contributed by atoms with E-state index in [-0.39, 0.29) is 17.2 Å². The van der Waals surface area contributed by atoms with E-state index in [0.717, 1.165) is 48.5 Å². The highest BCUT2D eigenvalue weighted by molar-refractivity contribution is 5.93. The number of piperazine rings is 1. The molecule has 1 atom stereocenters. The summed E-state index contributed by atoms with van der Waals surface area (Å²) < 4.78 is 29.4. The van der Waals surface area contributed by atoms with Gasteiger partial charge in [0.25, 0.3) is 0 Å². The number of ether oxygens (including phenoxy) is 2. The van der Waals surface area contributed by atoms with Crippen LogP contribution in [-0.2, 0) is 24.4 Å². The van der Waals surface area contributed by atoms with Crippen LogP contribution in [0.3, 0.4) is 0 Å². The summed E-state index contributed by atoms with van der Waals surface area (Å²) in [4.78, 5) is 33.2. The highest BCUT2D eigenvalue weighted by atomic mass is 19.1. The lowest BCUT2D eigenvalue weighted by atomic mass is 10.1. The van der Waals surface area contributed by atoms with Crippen LogP contribution in [0.25, 0.3) is 10.9 Å². The zero-order chi connectivity index (χ0) is 30.5. The van der Waals surface area contributed by atoms with E-state index in [1.807, 2.05) is 24.9 Å². The van der Waals surface area contributed by atoms with Crippen molar-refractivity contribution in [2.45, 2.75) is 91.7 Å². The number of rotatable bonds is 12. The molecule has 0 aliphatic carbocycles. The number of benzene rings is 1. The SMILES string of the molecule is CCCCCCCCC1OCc2c(CN3CCN(c4cc5c(cc4F)c(=O)c(C(=O)O)cn5CC)CC3)cnc(C)c2O1. The Kier molecular flexibility index (Phi) is 9.97. The average molecular weight is 595 g/mol.